The number of nitrogens with one attached hydrogen (secondary N) is 1. The molecule has 5 nitrogen and oxygen atoms in total. The van der Waals surface area contributed by atoms with Crippen LogP contribution in [0.3, 0.4) is 0 Å². The summed E-state index contributed by atoms with van der Waals surface area (Å²) < 4.78 is 1.67. The van der Waals surface area contributed by atoms with Gasteiger partial charge in [0, 0.05) is 16.5 Å². The van der Waals surface area contributed by atoms with Gasteiger partial charge in [-0.3, -0.25) is 19.7 Å². The number of carbonyl (C=O) groups is 2. The van der Waals surface area contributed by atoms with E-state index in [0.29, 0.717) is 17.1 Å². The van der Waals surface area contributed by atoms with Gasteiger partial charge < -0.3 is 4.57 Å². The number of hydrogen-bond acceptors (Lipinski definition) is 4. The van der Waals surface area contributed by atoms with Crippen LogP contribution in [0.5, 0.6) is 0 Å². The number of fused-ring (bicyclic) bond motifs is 1. The maximum absolute atomic E-state index is 12.8. The topological polar surface area (TPSA) is 68.2 Å². The Labute approximate surface area is 163 Å². The van der Waals surface area contributed by atoms with Gasteiger partial charge in [-0.15, -0.1) is 0 Å². The van der Waals surface area contributed by atoms with Crippen LogP contribution in [0.2, 0.25) is 5.02 Å². The second-order valence-corrected chi connectivity index (χ2v) is 7.47. The normalized spacial score (nSPS) is 15.5. The molecule has 0 aliphatic carbocycles. The minimum Gasteiger partial charge on any atom is -0.304 e. The van der Waals surface area contributed by atoms with E-state index in [2.05, 4.69) is 5.32 Å². The van der Waals surface area contributed by atoms with Crippen molar-refractivity contribution in [1.82, 2.24) is 9.88 Å². The lowest BCUT2D eigenvalue weighted by Gasteiger charge is -2.12. The molecule has 2 amide bonds. The summed E-state index contributed by atoms with van der Waals surface area (Å²) in [6.07, 6.45) is 1.58. The van der Waals surface area contributed by atoms with E-state index >= 15 is 0 Å². The van der Waals surface area contributed by atoms with E-state index in [1.165, 1.54) is 6.07 Å². The molecule has 0 unspecified atom stereocenters. The minimum absolute atomic E-state index is 0.190. The maximum atomic E-state index is 12.8. The fourth-order valence-corrected chi connectivity index (χ4v) is 3.78. The third-order valence-corrected chi connectivity index (χ3v) is 5.30. The molecule has 0 bridgehead atoms. The van der Waals surface area contributed by atoms with Gasteiger partial charge in [0.2, 0.25) is 0 Å². The molecule has 1 aliphatic rings. The molecule has 0 radical (unpaired) electrons. The number of nitrogens with zero attached hydrogens (tertiary/aromatic N) is 1. The van der Waals surface area contributed by atoms with Gasteiger partial charge in [-0.1, -0.05) is 41.9 Å². The number of para-hydroxylation sites is 1. The SMILES string of the molecule is O=C1NC(=O)/C(=C/c2cc(=O)n(Cc3ccc(Cl)cc3)c3ccccc23)S1. The van der Waals surface area contributed by atoms with Gasteiger partial charge in [0.1, 0.15) is 0 Å². The van der Waals surface area contributed by atoms with Crippen molar-refractivity contribution in [3.8, 4) is 0 Å². The number of imide groups is 1. The van der Waals surface area contributed by atoms with Crippen molar-refractivity contribution in [2.24, 2.45) is 0 Å². The van der Waals surface area contributed by atoms with Crippen LogP contribution in [0.1, 0.15) is 11.1 Å². The molecule has 0 spiro atoms. The van der Waals surface area contributed by atoms with Gasteiger partial charge in [-0.2, -0.15) is 0 Å². The highest BCUT2D eigenvalue weighted by Gasteiger charge is 2.25. The Balaban J connectivity index is 1.84. The fraction of sp³-hybridized carbons (Fsp3) is 0.0500. The zero-order valence-electron chi connectivity index (χ0n) is 13.9. The predicted molar refractivity (Wildman–Crippen MR) is 108 cm³/mol. The molecular formula is C20H13ClN2O3S. The Morgan fingerprint density at radius 3 is 2.48 bits per heavy atom. The molecular weight excluding hydrogens is 384 g/mol. The van der Waals surface area contributed by atoms with E-state index in [1.807, 2.05) is 36.4 Å². The lowest BCUT2D eigenvalue weighted by molar-refractivity contribution is -0.115. The molecule has 7 heteroatoms. The Kier molecular flexibility index (Phi) is 4.59. The third-order valence-electron chi connectivity index (χ3n) is 4.23. The molecule has 1 aliphatic heterocycles. The van der Waals surface area contributed by atoms with Crippen LogP contribution in [0.4, 0.5) is 4.79 Å². The molecule has 3 aromatic rings. The van der Waals surface area contributed by atoms with Gasteiger partial charge in [0.05, 0.1) is 17.0 Å². The van der Waals surface area contributed by atoms with Gasteiger partial charge >= 0.3 is 0 Å². The number of benzene rings is 2. The van der Waals surface area contributed by atoms with E-state index in [4.69, 9.17) is 11.6 Å². The zero-order chi connectivity index (χ0) is 19.0. The number of halogens is 1. The lowest BCUT2D eigenvalue weighted by Crippen LogP contribution is -2.21. The number of pyridine rings is 1. The molecule has 4 rings (SSSR count). The summed E-state index contributed by atoms with van der Waals surface area (Å²) in [4.78, 5) is 36.3. The van der Waals surface area contributed by atoms with Crippen molar-refractivity contribution in [3.63, 3.8) is 0 Å². The fourth-order valence-electron chi connectivity index (χ4n) is 2.98. The van der Waals surface area contributed by atoms with E-state index in [0.717, 1.165) is 28.2 Å². The lowest BCUT2D eigenvalue weighted by atomic mass is 10.1. The summed E-state index contributed by atoms with van der Waals surface area (Å²) in [5, 5.41) is 3.27. The number of aromatic nitrogens is 1. The number of thioether (sulfide) groups is 1. The number of rotatable bonds is 3. The number of carbonyl (C=O) groups excluding carboxylic acids is 2. The van der Waals surface area contributed by atoms with Crippen LogP contribution in [0.15, 0.2) is 64.3 Å². The minimum atomic E-state index is -0.445. The monoisotopic (exact) mass is 396 g/mol. The summed E-state index contributed by atoms with van der Waals surface area (Å²) in [6, 6.07) is 16.3. The molecule has 1 saturated heterocycles. The second-order valence-electron chi connectivity index (χ2n) is 6.02. The van der Waals surface area contributed by atoms with Gasteiger partial charge in [0.25, 0.3) is 16.7 Å². The summed E-state index contributed by atoms with van der Waals surface area (Å²) in [7, 11) is 0. The van der Waals surface area contributed by atoms with E-state index in [9.17, 15) is 14.4 Å². The maximum Gasteiger partial charge on any atom is 0.290 e. The third kappa shape index (κ3) is 3.54. The standard InChI is InChI=1S/C20H13ClN2O3S/c21-14-7-5-12(6-8-14)11-23-16-4-2-1-3-15(16)13(10-18(23)24)9-17-19(25)22-20(26)27-17/h1-10H,11H2,(H,22,25,26)/b17-9-. The molecule has 2 heterocycles. The molecule has 1 N–H and O–H groups in total. The first-order valence-electron chi connectivity index (χ1n) is 8.13. The average Bonchev–Trinajstić information content (AvgIpc) is 2.97. The van der Waals surface area contributed by atoms with Crippen LogP contribution in [0, 0.1) is 0 Å². The van der Waals surface area contributed by atoms with Crippen LogP contribution in [-0.2, 0) is 11.3 Å². The van der Waals surface area contributed by atoms with Crippen LogP contribution >= 0.6 is 23.4 Å². The smallest absolute Gasteiger partial charge is 0.290 e. The summed E-state index contributed by atoms with van der Waals surface area (Å²) in [6.45, 7) is 0.404. The Morgan fingerprint density at radius 2 is 1.78 bits per heavy atom. The highest BCUT2D eigenvalue weighted by Crippen LogP contribution is 2.28. The Bertz CT molecular complexity index is 1170. The first-order chi connectivity index (χ1) is 13.0. The Morgan fingerprint density at radius 1 is 1.04 bits per heavy atom. The molecule has 0 saturated carbocycles. The van der Waals surface area contributed by atoms with E-state index < -0.39 is 11.1 Å². The predicted octanol–water partition coefficient (Wildman–Crippen LogP) is 4.03. The highest BCUT2D eigenvalue weighted by molar-refractivity contribution is 8.18. The molecule has 2 aromatic carbocycles. The van der Waals surface area contributed by atoms with Crippen molar-refractivity contribution in [2.45, 2.75) is 6.54 Å². The summed E-state index contributed by atoms with van der Waals surface area (Å²) >= 11 is 6.76. The van der Waals surface area contributed by atoms with Crippen molar-refractivity contribution in [1.29, 1.82) is 0 Å². The first kappa shape index (κ1) is 17.6. The van der Waals surface area contributed by atoms with Crippen LogP contribution in [0.25, 0.3) is 17.0 Å². The Hall–Kier alpha value is -2.83. The number of hydrogen-bond donors (Lipinski definition) is 1. The van der Waals surface area contributed by atoms with Crippen molar-refractivity contribution >= 4 is 51.5 Å². The quantitative estimate of drug-likeness (QED) is 0.679. The molecule has 0 atom stereocenters. The second kappa shape index (κ2) is 7.06. The van der Waals surface area contributed by atoms with Gasteiger partial charge in [-0.25, -0.2) is 0 Å². The molecule has 134 valence electrons. The average molecular weight is 397 g/mol. The van der Waals surface area contributed by atoms with Crippen LogP contribution in [-0.4, -0.2) is 15.7 Å². The summed E-state index contributed by atoms with van der Waals surface area (Å²) in [5.41, 5.74) is 2.12. The molecule has 1 fully saturated rings. The van der Waals surface area contributed by atoms with Crippen molar-refractivity contribution in [3.05, 3.63) is 86.0 Å². The largest absolute Gasteiger partial charge is 0.304 e. The van der Waals surface area contributed by atoms with Gasteiger partial charge in [-0.05, 0) is 47.2 Å². The highest BCUT2D eigenvalue weighted by atomic mass is 35.5. The van der Waals surface area contributed by atoms with E-state index in [-0.39, 0.29) is 10.5 Å². The van der Waals surface area contributed by atoms with Crippen molar-refractivity contribution < 1.29 is 9.59 Å². The molecule has 27 heavy (non-hydrogen) atoms. The summed E-state index contributed by atoms with van der Waals surface area (Å²) in [5.74, 6) is -0.445. The van der Waals surface area contributed by atoms with Crippen molar-refractivity contribution in [2.75, 3.05) is 0 Å². The zero-order valence-corrected chi connectivity index (χ0v) is 15.5. The first-order valence-corrected chi connectivity index (χ1v) is 9.32. The molecule has 1 aromatic heterocycles. The van der Waals surface area contributed by atoms with E-state index in [1.54, 1.807) is 22.8 Å². The van der Waals surface area contributed by atoms with Crippen LogP contribution < -0.4 is 10.9 Å². The number of amides is 2. The van der Waals surface area contributed by atoms with Gasteiger partial charge in [0.15, 0.2) is 0 Å².